The van der Waals surface area contributed by atoms with E-state index in [9.17, 15) is 5.11 Å². The molecule has 1 N–H and O–H groups in total. The molecule has 1 atom stereocenters. The lowest BCUT2D eigenvalue weighted by molar-refractivity contribution is 0.180. The van der Waals surface area contributed by atoms with Crippen molar-refractivity contribution in [1.29, 1.82) is 0 Å². The van der Waals surface area contributed by atoms with E-state index in [-0.39, 0.29) is 6.10 Å². The summed E-state index contributed by atoms with van der Waals surface area (Å²) in [5.74, 6) is 0. The Hall–Kier alpha value is -1.02. The predicted molar refractivity (Wildman–Crippen MR) is 63.3 cm³/mol. The van der Waals surface area contributed by atoms with E-state index in [0.29, 0.717) is 0 Å². The van der Waals surface area contributed by atoms with Crippen molar-refractivity contribution < 1.29 is 5.11 Å². The number of hydrogen-bond donors (Lipinski definition) is 1. The van der Waals surface area contributed by atoms with Crippen LogP contribution in [0.3, 0.4) is 0 Å². The number of benzene rings is 1. The average Bonchev–Trinajstić information content (AvgIpc) is 2.63. The molecule has 2 rings (SSSR count). The molecule has 0 saturated heterocycles. The van der Waals surface area contributed by atoms with E-state index in [1.54, 1.807) is 0 Å². The van der Waals surface area contributed by atoms with Crippen LogP contribution >= 0.6 is 0 Å². The van der Waals surface area contributed by atoms with Crippen molar-refractivity contribution >= 4 is 5.69 Å². The maximum absolute atomic E-state index is 9.98. The molecule has 1 aliphatic carbocycles. The summed E-state index contributed by atoms with van der Waals surface area (Å²) in [5, 5.41) is 9.98. The highest BCUT2D eigenvalue weighted by Gasteiger charge is 2.24. The molecule has 0 bridgehead atoms. The van der Waals surface area contributed by atoms with Gasteiger partial charge in [-0.15, -0.1) is 0 Å². The maximum atomic E-state index is 9.98. The van der Waals surface area contributed by atoms with Crippen molar-refractivity contribution in [2.45, 2.75) is 32.8 Å². The average molecular weight is 205 g/mol. The second-order valence-corrected chi connectivity index (χ2v) is 4.08. The van der Waals surface area contributed by atoms with Gasteiger partial charge in [-0.25, -0.2) is 0 Å². The summed E-state index contributed by atoms with van der Waals surface area (Å²) in [4.78, 5) is 2.31. The smallest absolute Gasteiger partial charge is 0.0816 e. The van der Waals surface area contributed by atoms with Gasteiger partial charge in [0, 0.05) is 24.3 Å². The second-order valence-electron chi connectivity index (χ2n) is 4.08. The molecular weight excluding hydrogens is 186 g/mol. The molecule has 2 heteroatoms. The summed E-state index contributed by atoms with van der Waals surface area (Å²) in [7, 11) is 0. The van der Waals surface area contributed by atoms with Crippen LogP contribution in [0.2, 0.25) is 0 Å². The number of rotatable bonds is 3. The van der Waals surface area contributed by atoms with Gasteiger partial charge < -0.3 is 10.0 Å². The fraction of sp³-hybridized carbons (Fsp3) is 0.538. The van der Waals surface area contributed by atoms with Gasteiger partial charge in [0.2, 0.25) is 0 Å². The van der Waals surface area contributed by atoms with Crippen LogP contribution in [0, 0.1) is 0 Å². The van der Waals surface area contributed by atoms with Gasteiger partial charge in [0.05, 0.1) is 6.10 Å². The van der Waals surface area contributed by atoms with Crippen LogP contribution in [0.4, 0.5) is 5.69 Å². The normalized spacial score (nSPS) is 19.0. The molecule has 1 aromatic rings. The number of fused-ring (bicyclic) bond motifs is 1. The highest BCUT2D eigenvalue weighted by atomic mass is 16.3. The maximum Gasteiger partial charge on any atom is 0.0816 e. The van der Waals surface area contributed by atoms with E-state index in [1.807, 2.05) is 0 Å². The third-order valence-corrected chi connectivity index (χ3v) is 3.30. The fourth-order valence-corrected chi connectivity index (χ4v) is 2.48. The molecule has 2 nitrogen and oxygen atoms in total. The Morgan fingerprint density at radius 3 is 2.73 bits per heavy atom. The third kappa shape index (κ3) is 1.74. The van der Waals surface area contributed by atoms with E-state index in [0.717, 1.165) is 25.9 Å². The zero-order valence-electron chi connectivity index (χ0n) is 9.53. The van der Waals surface area contributed by atoms with E-state index in [4.69, 9.17) is 0 Å². The third-order valence-electron chi connectivity index (χ3n) is 3.30. The van der Waals surface area contributed by atoms with Crippen LogP contribution in [0.5, 0.6) is 0 Å². The molecule has 0 saturated carbocycles. The van der Waals surface area contributed by atoms with Crippen molar-refractivity contribution in [3.05, 3.63) is 29.3 Å². The lowest BCUT2D eigenvalue weighted by Crippen LogP contribution is -2.23. The number of anilines is 1. The second kappa shape index (κ2) is 4.23. The Bertz CT molecular complexity index is 344. The topological polar surface area (TPSA) is 23.5 Å². The summed E-state index contributed by atoms with van der Waals surface area (Å²) in [6, 6.07) is 6.36. The summed E-state index contributed by atoms with van der Waals surface area (Å²) in [6.07, 6.45) is 1.65. The molecule has 0 aromatic heterocycles. The van der Waals surface area contributed by atoms with Gasteiger partial charge in [0.25, 0.3) is 0 Å². The Morgan fingerprint density at radius 1 is 1.33 bits per heavy atom. The number of aryl methyl sites for hydroxylation is 1. The minimum Gasteiger partial charge on any atom is -0.388 e. The quantitative estimate of drug-likeness (QED) is 0.819. The standard InChI is InChI=1S/C13H19NO/c1-3-14(4-2)11-7-5-6-10-8-9-12(15)13(10)11/h5-7,12,15H,3-4,8-9H2,1-2H3. The zero-order chi connectivity index (χ0) is 10.8. The number of aliphatic hydroxyl groups excluding tert-OH is 1. The van der Waals surface area contributed by atoms with Crippen LogP contribution < -0.4 is 4.90 Å². The SMILES string of the molecule is CCN(CC)c1cccc2c1C(O)CC2. The molecule has 82 valence electrons. The van der Waals surface area contributed by atoms with Gasteiger partial charge in [-0.1, -0.05) is 12.1 Å². The molecule has 0 amide bonds. The van der Waals surface area contributed by atoms with E-state index >= 15 is 0 Å². The predicted octanol–water partition coefficient (Wildman–Crippen LogP) is 2.51. The Kier molecular flexibility index (Phi) is 2.96. The van der Waals surface area contributed by atoms with Crippen LogP contribution in [0.15, 0.2) is 18.2 Å². The lowest BCUT2D eigenvalue weighted by Gasteiger charge is -2.25. The van der Waals surface area contributed by atoms with Gasteiger partial charge in [0.15, 0.2) is 0 Å². The molecule has 0 spiro atoms. The van der Waals surface area contributed by atoms with Crippen molar-refractivity contribution in [2.24, 2.45) is 0 Å². The molecule has 15 heavy (non-hydrogen) atoms. The fourth-order valence-electron chi connectivity index (χ4n) is 2.48. The first-order valence-corrected chi connectivity index (χ1v) is 5.82. The molecule has 0 radical (unpaired) electrons. The molecule has 1 unspecified atom stereocenters. The summed E-state index contributed by atoms with van der Waals surface area (Å²) in [5.41, 5.74) is 3.72. The van der Waals surface area contributed by atoms with Crippen molar-refractivity contribution in [1.82, 2.24) is 0 Å². The van der Waals surface area contributed by atoms with E-state index < -0.39 is 0 Å². The first-order valence-electron chi connectivity index (χ1n) is 5.82. The van der Waals surface area contributed by atoms with E-state index in [2.05, 4.69) is 36.9 Å². The molecular formula is C13H19NO. The van der Waals surface area contributed by atoms with Crippen LogP contribution in [0.1, 0.15) is 37.5 Å². The van der Waals surface area contributed by atoms with Gasteiger partial charge in [-0.2, -0.15) is 0 Å². The number of nitrogens with zero attached hydrogens (tertiary/aromatic N) is 1. The summed E-state index contributed by atoms with van der Waals surface area (Å²) in [6.45, 7) is 6.31. The van der Waals surface area contributed by atoms with Gasteiger partial charge in [-0.3, -0.25) is 0 Å². The highest BCUT2D eigenvalue weighted by Crippen LogP contribution is 2.37. The van der Waals surface area contributed by atoms with E-state index in [1.165, 1.54) is 16.8 Å². The van der Waals surface area contributed by atoms with Gasteiger partial charge >= 0.3 is 0 Å². The number of aliphatic hydroxyl groups is 1. The van der Waals surface area contributed by atoms with Crippen molar-refractivity contribution in [3.63, 3.8) is 0 Å². The largest absolute Gasteiger partial charge is 0.388 e. The molecule has 1 aromatic carbocycles. The Balaban J connectivity index is 2.44. The lowest BCUT2D eigenvalue weighted by atomic mass is 10.1. The summed E-state index contributed by atoms with van der Waals surface area (Å²) < 4.78 is 0. The minimum atomic E-state index is -0.253. The summed E-state index contributed by atoms with van der Waals surface area (Å²) >= 11 is 0. The van der Waals surface area contributed by atoms with Crippen molar-refractivity contribution in [3.8, 4) is 0 Å². The monoisotopic (exact) mass is 205 g/mol. The van der Waals surface area contributed by atoms with Crippen LogP contribution in [-0.2, 0) is 6.42 Å². The zero-order valence-corrected chi connectivity index (χ0v) is 9.53. The Labute approximate surface area is 91.5 Å². The minimum absolute atomic E-state index is 0.253. The van der Waals surface area contributed by atoms with Crippen LogP contribution in [0.25, 0.3) is 0 Å². The van der Waals surface area contributed by atoms with Gasteiger partial charge in [-0.05, 0) is 38.3 Å². The highest BCUT2D eigenvalue weighted by molar-refractivity contribution is 5.59. The molecule has 0 aliphatic heterocycles. The van der Waals surface area contributed by atoms with Crippen LogP contribution in [-0.4, -0.2) is 18.2 Å². The molecule has 1 aliphatic rings. The Morgan fingerprint density at radius 2 is 2.07 bits per heavy atom. The molecule has 0 heterocycles. The van der Waals surface area contributed by atoms with Gasteiger partial charge in [0.1, 0.15) is 0 Å². The first-order chi connectivity index (χ1) is 7.27. The first kappa shape index (κ1) is 10.5. The van der Waals surface area contributed by atoms with Crippen molar-refractivity contribution in [2.75, 3.05) is 18.0 Å². The molecule has 0 fully saturated rings. The number of hydrogen-bond acceptors (Lipinski definition) is 2.